The Morgan fingerprint density at radius 2 is 1.62 bits per heavy atom. The standard InChI is InChI=1S/C32H26ClN5O2S2/c1-20-19-26(21(2)36(20)29-9-4-3-7-27(29)33)31-30(28-8-5-6-18-34-28)35-32(41)37(31)22-10-14-24(15-11-22)42-25-16-12-23(13-17-25)38(39)40/h3-19,30-31H,1-2H3,(H,35,41)/t30-,31-/m0/s1. The van der Waals surface area contributed by atoms with E-state index in [-0.39, 0.29) is 17.8 Å². The molecule has 1 saturated heterocycles. The summed E-state index contributed by atoms with van der Waals surface area (Å²) in [6, 6.07) is 30.4. The van der Waals surface area contributed by atoms with Crippen LogP contribution in [0.4, 0.5) is 11.4 Å². The number of nitro groups is 1. The number of aryl methyl sites for hydroxylation is 1. The van der Waals surface area contributed by atoms with E-state index in [1.807, 2.05) is 54.6 Å². The molecule has 3 heterocycles. The van der Waals surface area contributed by atoms with Gasteiger partial charge in [-0.1, -0.05) is 41.6 Å². The van der Waals surface area contributed by atoms with Crippen molar-refractivity contribution in [3.63, 3.8) is 0 Å². The highest BCUT2D eigenvalue weighted by molar-refractivity contribution is 7.99. The number of para-hydroxylation sites is 1. The zero-order valence-corrected chi connectivity index (χ0v) is 25.2. The average molecular weight is 612 g/mol. The Labute approximate surface area is 258 Å². The normalized spacial score (nSPS) is 16.5. The second kappa shape index (κ2) is 11.6. The fourth-order valence-corrected chi connectivity index (χ4v) is 6.87. The van der Waals surface area contributed by atoms with E-state index < -0.39 is 4.92 Å². The molecule has 0 saturated carbocycles. The van der Waals surface area contributed by atoms with Crippen LogP contribution in [0.5, 0.6) is 0 Å². The highest BCUT2D eigenvalue weighted by Crippen LogP contribution is 2.44. The highest BCUT2D eigenvalue weighted by Gasteiger charge is 2.42. The second-order valence-electron chi connectivity index (χ2n) is 9.96. The summed E-state index contributed by atoms with van der Waals surface area (Å²) in [5.74, 6) is 0. The molecule has 0 aliphatic carbocycles. The average Bonchev–Trinajstić information content (AvgIpc) is 3.49. The van der Waals surface area contributed by atoms with Crippen LogP contribution in [0.2, 0.25) is 5.02 Å². The van der Waals surface area contributed by atoms with Crippen LogP contribution in [0.15, 0.2) is 113 Å². The smallest absolute Gasteiger partial charge is 0.269 e. The summed E-state index contributed by atoms with van der Waals surface area (Å²) in [5.41, 5.74) is 6.14. The number of pyridine rings is 1. The summed E-state index contributed by atoms with van der Waals surface area (Å²) in [4.78, 5) is 19.4. The predicted octanol–water partition coefficient (Wildman–Crippen LogP) is 8.38. The Morgan fingerprint density at radius 1 is 0.952 bits per heavy atom. The quantitative estimate of drug-likeness (QED) is 0.112. The molecule has 0 spiro atoms. The van der Waals surface area contributed by atoms with Crippen LogP contribution in [-0.2, 0) is 0 Å². The molecule has 2 atom stereocenters. The molecule has 0 amide bonds. The van der Waals surface area contributed by atoms with Crippen LogP contribution < -0.4 is 10.2 Å². The number of nitrogens with zero attached hydrogens (tertiary/aromatic N) is 4. The largest absolute Gasteiger partial charge is 0.351 e. The minimum absolute atomic E-state index is 0.0761. The minimum Gasteiger partial charge on any atom is -0.351 e. The van der Waals surface area contributed by atoms with Crippen molar-refractivity contribution >= 4 is 52.1 Å². The minimum atomic E-state index is -0.392. The molecule has 0 radical (unpaired) electrons. The summed E-state index contributed by atoms with van der Waals surface area (Å²) in [5, 5.41) is 15.8. The van der Waals surface area contributed by atoms with Gasteiger partial charge < -0.3 is 14.8 Å². The van der Waals surface area contributed by atoms with E-state index in [9.17, 15) is 10.1 Å². The molecule has 3 aromatic carbocycles. The first-order valence-electron chi connectivity index (χ1n) is 13.3. The Kier molecular flexibility index (Phi) is 7.72. The lowest BCUT2D eigenvalue weighted by molar-refractivity contribution is -0.384. The third-order valence-electron chi connectivity index (χ3n) is 7.38. The summed E-state index contributed by atoms with van der Waals surface area (Å²) in [6.45, 7) is 4.20. The van der Waals surface area contributed by atoms with E-state index in [1.54, 1.807) is 30.1 Å². The fourth-order valence-electron chi connectivity index (χ4n) is 5.49. The molecule has 6 rings (SSSR count). The van der Waals surface area contributed by atoms with Crippen molar-refractivity contribution in [3.05, 3.63) is 141 Å². The van der Waals surface area contributed by atoms with Crippen molar-refractivity contribution in [2.75, 3.05) is 4.90 Å². The zero-order chi connectivity index (χ0) is 29.4. The Hall–Kier alpha value is -4.18. The van der Waals surface area contributed by atoms with Crippen molar-refractivity contribution in [2.24, 2.45) is 0 Å². The van der Waals surface area contributed by atoms with Gasteiger partial charge in [-0.2, -0.15) is 0 Å². The lowest BCUT2D eigenvalue weighted by atomic mass is 9.96. The Balaban J connectivity index is 1.38. The topological polar surface area (TPSA) is 76.2 Å². The number of thiocarbonyl (C=S) groups is 1. The maximum Gasteiger partial charge on any atom is 0.269 e. The van der Waals surface area contributed by atoms with Gasteiger partial charge in [-0.3, -0.25) is 15.1 Å². The SMILES string of the molecule is Cc1cc([C@H]2[C@H](c3ccccn3)NC(=S)N2c2ccc(Sc3ccc([N+](=O)[O-])cc3)cc2)c(C)n1-c1ccccc1Cl. The van der Waals surface area contributed by atoms with Crippen LogP contribution in [0.3, 0.4) is 0 Å². The fraction of sp³-hybridized carbons (Fsp3) is 0.125. The number of nitrogens with one attached hydrogen (secondary N) is 1. The lowest BCUT2D eigenvalue weighted by Gasteiger charge is -2.28. The third kappa shape index (κ3) is 5.27. The maximum atomic E-state index is 11.0. The number of halogens is 1. The monoisotopic (exact) mass is 611 g/mol. The summed E-state index contributed by atoms with van der Waals surface area (Å²) < 4.78 is 2.19. The zero-order valence-electron chi connectivity index (χ0n) is 22.8. The number of non-ortho nitro benzene ring substituents is 1. The van der Waals surface area contributed by atoms with Crippen LogP contribution in [0.25, 0.3) is 5.69 Å². The molecule has 7 nitrogen and oxygen atoms in total. The number of nitro benzene ring substituents is 1. The molecule has 1 fully saturated rings. The molecular weight excluding hydrogens is 586 g/mol. The number of hydrogen-bond donors (Lipinski definition) is 1. The molecule has 1 aliphatic heterocycles. The van der Waals surface area contributed by atoms with Gasteiger partial charge in [0.1, 0.15) is 0 Å². The molecule has 10 heteroatoms. The predicted molar refractivity (Wildman–Crippen MR) is 172 cm³/mol. The van der Waals surface area contributed by atoms with E-state index in [0.29, 0.717) is 10.1 Å². The summed E-state index contributed by atoms with van der Waals surface area (Å²) in [6.07, 6.45) is 1.80. The molecule has 0 bridgehead atoms. The molecule has 42 heavy (non-hydrogen) atoms. The van der Waals surface area contributed by atoms with Gasteiger partial charge in [0.15, 0.2) is 5.11 Å². The number of aromatic nitrogens is 2. The van der Waals surface area contributed by atoms with Gasteiger partial charge in [-0.05, 0) is 98.4 Å². The first kappa shape index (κ1) is 28.0. The second-order valence-corrected chi connectivity index (χ2v) is 11.9. The van der Waals surface area contributed by atoms with Gasteiger partial charge >= 0.3 is 0 Å². The number of rotatable bonds is 7. The van der Waals surface area contributed by atoms with Crippen LogP contribution >= 0.6 is 35.6 Å². The van der Waals surface area contributed by atoms with Crippen molar-refractivity contribution in [1.29, 1.82) is 0 Å². The molecule has 1 aliphatic rings. The van der Waals surface area contributed by atoms with Crippen LogP contribution in [0.1, 0.15) is 34.7 Å². The van der Waals surface area contributed by atoms with Gasteiger partial charge in [0.2, 0.25) is 0 Å². The molecular formula is C32H26ClN5O2S2. The molecule has 210 valence electrons. The van der Waals surface area contributed by atoms with E-state index in [2.05, 4.69) is 51.8 Å². The van der Waals surface area contributed by atoms with Crippen LogP contribution in [-0.4, -0.2) is 19.6 Å². The molecule has 0 unspecified atom stereocenters. The van der Waals surface area contributed by atoms with Gasteiger partial charge in [0.05, 0.1) is 33.4 Å². The molecule has 5 aromatic rings. The van der Waals surface area contributed by atoms with E-state index in [4.69, 9.17) is 23.8 Å². The highest BCUT2D eigenvalue weighted by atomic mass is 35.5. The van der Waals surface area contributed by atoms with Gasteiger partial charge in [0, 0.05) is 45.2 Å². The number of anilines is 1. The number of hydrogen-bond acceptors (Lipinski definition) is 5. The summed E-state index contributed by atoms with van der Waals surface area (Å²) >= 11 is 14.1. The van der Waals surface area contributed by atoms with Crippen molar-refractivity contribution in [3.8, 4) is 5.69 Å². The van der Waals surface area contributed by atoms with Crippen molar-refractivity contribution in [1.82, 2.24) is 14.9 Å². The number of benzene rings is 3. The van der Waals surface area contributed by atoms with Gasteiger partial charge in [-0.25, -0.2) is 0 Å². The Morgan fingerprint density at radius 3 is 2.26 bits per heavy atom. The van der Waals surface area contributed by atoms with Crippen molar-refractivity contribution < 1.29 is 4.92 Å². The van der Waals surface area contributed by atoms with Gasteiger partial charge in [0.25, 0.3) is 5.69 Å². The van der Waals surface area contributed by atoms with Crippen LogP contribution in [0, 0.1) is 24.0 Å². The molecule has 2 aromatic heterocycles. The maximum absolute atomic E-state index is 11.0. The first-order chi connectivity index (χ1) is 20.3. The van der Waals surface area contributed by atoms with E-state index in [1.165, 1.54) is 12.1 Å². The first-order valence-corrected chi connectivity index (χ1v) is 14.9. The van der Waals surface area contributed by atoms with E-state index in [0.717, 1.165) is 43.8 Å². The third-order valence-corrected chi connectivity index (χ3v) is 9.03. The van der Waals surface area contributed by atoms with Gasteiger partial charge in [-0.15, -0.1) is 0 Å². The van der Waals surface area contributed by atoms with Crippen molar-refractivity contribution in [2.45, 2.75) is 35.7 Å². The summed E-state index contributed by atoms with van der Waals surface area (Å²) in [7, 11) is 0. The molecule has 1 N–H and O–H groups in total. The van der Waals surface area contributed by atoms with E-state index >= 15 is 0 Å². The Bertz CT molecular complexity index is 1780. The lowest BCUT2D eigenvalue weighted by Crippen LogP contribution is -2.29.